The summed E-state index contributed by atoms with van der Waals surface area (Å²) < 4.78 is 0. The monoisotopic (exact) mass is 568 g/mol. The fourth-order valence-electron chi connectivity index (χ4n) is 6.42. The molecule has 1 aliphatic heterocycles. The van der Waals surface area contributed by atoms with Crippen LogP contribution < -0.4 is 10.2 Å². The lowest BCUT2D eigenvalue weighted by Gasteiger charge is -2.48. The van der Waals surface area contributed by atoms with Gasteiger partial charge in [0.1, 0.15) is 5.54 Å². The lowest BCUT2D eigenvalue weighted by molar-refractivity contribution is 0.240. The first kappa shape index (κ1) is 26.1. The van der Waals surface area contributed by atoms with E-state index in [-0.39, 0.29) is 11.9 Å². The molecule has 206 valence electrons. The van der Waals surface area contributed by atoms with Crippen LogP contribution in [0, 0.1) is 0 Å². The number of hydrogen-bond acceptors (Lipinski definition) is 2. The van der Waals surface area contributed by atoms with Crippen LogP contribution in [0.3, 0.4) is 0 Å². The highest BCUT2D eigenvalue weighted by atomic mass is 35.5. The molecule has 42 heavy (non-hydrogen) atoms. The molecule has 2 N–H and O–H groups in total. The highest BCUT2D eigenvalue weighted by Crippen LogP contribution is 2.50. The van der Waals surface area contributed by atoms with Gasteiger partial charge in [-0.05, 0) is 57.6 Å². The molecule has 1 aliphatic rings. The van der Waals surface area contributed by atoms with Crippen molar-refractivity contribution in [1.29, 1.82) is 0 Å². The number of fused-ring (bicyclic) bond motifs is 2. The second kappa shape index (κ2) is 10.5. The van der Waals surface area contributed by atoms with E-state index in [0.29, 0.717) is 11.6 Å². The normalized spacial score (nSPS) is 14.0. The zero-order chi connectivity index (χ0) is 28.7. The van der Waals surface area contributed by atoms with E-state index < -0.39 is 5.54 Å². The molecule has 5 nitrogen and oxygen atoms in total. The molecule has 5 aromatic carbocycles. The molecular weight excluding hydrogens is 540 g/mol. The van der Waals surface area contributed by atoms with E-state index in [1.54, 1.807) is 0 Å². The molecule has 0 spiro atoms. The highest BCUT2D eigenvalue weighted by Gasteiger charge is 2.49. The summed E-state index contributed by atoms with van der Waals surface area (Å²) in [6.45, 7) is 2.63. The number of aromatic nitrogens is 2. The van der Waals surface area contributed by atoms with Gasteiger partial charge in [0.25, 0.3) is 0 Å². The third-order valence-corrected chi connectivity index (χ3v) is 8.64. The maximum absolute atomic E-state index is 14.4. The van der Waals surface area contributed by atoms with Crippen LogP contribution in [0.15, 0.2) is 128 Å². The van der Waals surface area contributed by atoms with Crippen LogP contribution in [0.1, 0.15) is 46.2 Å². The van der Waals surface area contributed by atoms with Crippen LogP contribution in [0.5, 0.6) is 0 Å². The summed E-state index contributed by atoms with van der Waals surface area (Å²) in [7, 11) is 0. The van der Waals surface area contributed by atoms with Crippen LogP contribution in [0.25, 0.3) is 10.9 Å². The van der Waals surface area contributed by atoms with Gasteiger partial charge in [-0.25, -0.2) is 4.79 Å². The number of H-pyrrole nitrogens is 1. The van der Waals surface area contributed by atoms with Gasteiger partial charge in [0, 0.05) is 22.9 Å². The van der Waals surface area contributed by atoms with Gasteiger partial charge in [0.05, 0.1) is 17.4 Å². The largest absolute Gasteiger partial charge is 0.333 e. The topological polar surface area (TPSA) is 61.0 Å². The number of carbonyl (C=O) groups is 1. The number of anilines is 1. The van der Waals surface area contributed by atoms with Crippen LogP contribution in [-0.2, 0) is 12.1 Å². The second-order valence-electron chi connectivity index (χ2n) is 10.7. The minimum absolute atomic E-state index is 0.0210. The number of amides is 2. The molecule has 2 amide bonds. The number of nitrogens with zero attached hydrogens (tertiary/aromatic N) is 2. The number of urea groups is 1. The predicted octanol–water partition coefficient (Wildman–Crippen LogP) is 8.39. The van der Waals surface area contributed by atoms with E-state index >= 15 is 0 Å². The van der Waals surface area contributed by atoms with Gasteiger partial charge in [-0.2, -0.15) is 5.10 Å². The summed E-state index contributed by atoms with van der Waals surface area (Å²) in [6.07, 6.45) is 1.81. The van der Waals surface area contributed by atoms with E-state index in [2.05, 4.69) is 83.1 Å². The molecule has 1 atom stereocenters. The summed E-state index contributed by atoms with van der Waals surface area (Å²) in [5, 5.41) is 12.2. The zero-order valence-corrected chi connectivity index (χ0v) is 23.8. The fraction of sp³-hybridized carbons (Fsp3) is 0.111. The Labute approximate surface area is 249 Å². The molecule has 7 rings (SSSR count). The van der Waals surface area contributed by atoms with Gasteiger partial charge < -0.3 is 5.32 Å². The molecular formula is C36H29ClN4O. The molecule has 0 bridgehead atoms. The number of benzene rings is 5. The SMILES string of the molecule is C[C@H](c1ccccc1)c1ccc(Cl)cc1C(c1ccccc1)(c1ccccc1)N1C(=O)NCc2cc3cn[nH]c3cc21. The Hall–Kier alpha value is -4.87. The van der Waals surface area contributed by atoms with Crippen molar-refractivity contribution in [2.75, 3.05) is 4.90 Å². The predicted molar refractivity (Wildman–Crippen MR) is 169 cm³/mol. The average molecular weight is 569 g/mol. The van der Waals surface area contributed by atoms with Crippen molar-refractivity contribution in [3.8, 4) is 0 Å². The van der Waals surface area contributed by atoms with E-state index in [1.165, 1.54) is 5.56 Å². The van der Waals surface area contributed by atoms with Gasteiger partial charge >= 0.3 is 6.03 Å². The molecule has 0 saturated heterocycles. The fourth-order valence-corrected chi connectivity index (χ4v) is 6.60. The number of nitrogens with one attached hydrogen (secondary N) is 2. The van der Waals surface area contributed by atoms with Crippen LogP contribution in [0.4, 0.5) is 10.5 Å². The summed E-state index contributed by atoms with van der Waals surface area (Å²) in [5.41, 5.74) is 6.74. The quantitative estimate of drug-likeness (QED) is 0.198. The highest BCUT2D eigenvalue weighted by molar-refractivity contribution is 6.30. The standard InChI is InChI=1S/C36H29ClN4O/c1-24(25-11-5-2-6-12-25)31-18-17-30(37)20-32(31)36(28-13-7-3-8-14-28,29-15-9-4-10-16-29)41-34-21-33-26(23-39-40-33)19-27(34)22-38-35(41)42/h2-21,23-24H,22H2,1H3,(H,38,42)(H,39,40)/t24-/m1/s1. The van der Waals surface area contributed by atoms with E-state index in [1.807, 2.05) is 71.8 Å². The van der Waals surface area contributed by atoms with Crippen LogP contribution >= 0.6 is 11.6 Å². The van der Waals surface area contributed by atoms with E-state index in [9.17, 15) is 4.79 Å². The van der Waals surface area contributed by atoms with Crippen LogP contribution in [-0.4, -0.2) is 16.2 Å². The number of halogens is 1. The minimum Gasteiger partial charge on any atom is -0.333 e. The number of aromatic amines is 1. The van der Waals surface area contributed by atoms with E-state index in [0.717, 1.165) is 44.4 Å². The third-order valence-electron chi connectivity index (χ3n) is 8.40. The van der Waals surface area contributed by atoms with Crippen molar-refractivity contribution in [1.82, 2.24) is 15.5 Å². The van der Waals surface area contributed by atoms with Gasteiger partial charge in [-0.15, -0.1) is 0 Å². The second-order valence-corrected chi connectivity index (χ2v) is 11.2. The molecule has 0 radical (unpaired) electrons. The van der Waals surface area contributed by atoms with Gasteiger partial charge in [0.15, 0.2) is 0 Å². The Kier molecular flexibility index (Phi) is 6.52. The number of carbonyl (C=O) groups excluding carboxylic acids is 1. The maximum atomic E-state index is 14.4. The van der Waals surface area contributed by atoms with Gasteiger partial charge in [-0.1, -0.05) is 116 Å². The molecule has 2 heterocycles. The first-order chi connectivity index (χ1) is 20.6. The minimum atomic E-state index is -1.07. The first-order valence-electron chi connectivity index (χ1n) is 14.1. The molecule has 6 heteroatoms. The van der Waals surface area contributed by atoms with Gasteiger partial charge in [0.2, 0.25) is 0 Å². The summed E-state index contributed by atoms with van der Waals surface area (Å²) in [5.74, 6) is 0.0210. The zero-order valence-electron chi connectivity index (χ0n) is 23.1. The summed E-state index contributed by atoms with van der Waals surface area (Å²) in [6, 6.07) is 41.0. The lowest BCUT2D eigenvalue weighted by Crippen LogP contribution is -2.57. The Morgan fingerprint density at radius 1 is 0.833 bits per heavy atom. The van der Waals surface area contributed by atoms with Crippen molar-refractivity contribution < 1.29 is 4.79 Å². The van der Waals surface area contributed by atoms with Crippen LogP contribution in [0.2, 0.25) is 5.02 Å². The van der Waals surface area contributed by atoms with Gasteiger partial charge in [-0.3, -0.25) is 10.00 Å². The molecule has 0 saturated carbocycles. The Balaban J connectivity index is 1.63. The van der Waals surface area contributed by atoms with Crippen molar-refractivity contribution in [2.24, 2.45) is 0 Å². The van der Waals surface area contributed by atoms with Crippen molar-refractivity contribution in [3.05, 3.63) is 166 Å². The summed E-state index contributed by atoms with van der Waals surface area (Å²) >= 11 is 6.86. The smallest absolute Gasteiger partial charge is 0.323 e. The lowest BCUT2D eigenvalue weighted by atomic mass is 9.71. The third kappa shape index (κ3) is 4.16. The Bertz CT molecular complexity index is 1850. The molecule has 0 fully saturated rings. The number of rotatable bonds is 6. The van der Waals surface area contributed by atoms with E-state index in [4.69, 9.17) is 11.6 Å². The summed E-state index contributed by atoms with van der Waals surface area (Å²) in [4.78, 5) is 16.3. The Morgan fingerprint density at radius 2 is 1.48 bits per heavy atom. The van der Waals surface area contributed by atoms with Crippen molar-refractivity contribution >= 4 is 34.2 Å². The molecule has 6 aromatic rings. The molecule has 0 aliphatic carbocycles. The van der Waals surface area contributed by atoms with Crippen molar-refractivity contribution in [3.63, 3.8) is 0 Å². The maximum Gasteiger partial charge on any atom is 0.323 e. The Morgan fingerprint density at radius 3 is 2.14 bits per heavy atom. The average Bonchev–Trinajstić information content (AvgIpc) is 3.50. The number of hydrogen-bond donors (Lipinski definition) is 2. The first-order valence-corrected chi connectivity index (χ1v) is 14.4. The molecule has 0 unspecified atom stereocenters. The van der Waals surface area contributed by atoms with Crippen molar-refractivity contribution in [2.45, 2.75) is 24.9 Å². The molecule has 1 aromatic heterocycles.